The maximum absolute atomic E-state index is 13.3. The van der Waals surface area contributed by atoms with Crippen LogP contribution in [0.25, 0.3) is 0 Å². The van der Waals surface area contributed by atoms with Gasteiger partial charge in [-0.2, -0.15) is 4.39 Å². The second kappa shape index (κ2) is 3.92. The van der Waals surface area contributed by atoms with Crippen LogP contribution in [0, 0.1) is 5.95 Å². The van der Waals surface area contributed by atoms with Crippen molar-refractivity contribution < 1.29 is 13.9 Å². The highest BCUT2D eigenvalue weighted by Gasteiger charge is 2.25. The molecule has 0 amide bonds. The van der Waals surface area contributed by atoms with E-state index in [1.54, 1.807) is 6.07 Å². The molecule has 0 spiro atoms. The second-order valence-electron chi connectivity index (χ2n) is 4.99. The first-order valence-corrected chi connectivity index (χ1v) is 5.45. The summed E-state index contributed by atoms with van der Waals surface area (Å²) in [7, 11) is 0. The standard InChI is InChI=1S/C12H16FNO2/c1-12(2,3)16-9-6-10(11(13)14-7-9)15-8-4-5-8/h6-8H,4-5H2,1-3H3. The average Bonchev–Trinajstić information content (AvgIpc) is 2.92. The van der Waals surface area contributed by atoms with Gasteiger partial charge in [0.25, 0.3) is 5.95 Å². The molecule has 1 aliphatic rings. The van der Waals surface area contributed by atoms with Gasteiger partial charge in [0.05, 0.1) is 12.3 Å². The van der Waals surface area contributed by atoms with Crippen molar-refractivity contribution in [2.45, 2.75) is 45.3 Å². The highest BCUT2D eigenvalue weighted by molar-refractivity contribution is 5.30. The van der Waals surface area contributed by atoms with Crippen molar-refractivity contribution in [1.29, 1.82) is 0 Å². The minimum absolute atomic E-state index is 0.154. The molecule has 1 aromatic rings. The molecule has 0 atom stereocenters. The quantitative estimate of drug-likeness (QED) is 0.741. The Balaban J connectivity index is 2.14. The van der Waals surface area contributed by atoms with Gasteiger partial charge in [0.15, 0.2) is 5.75 Å². The molecule has 3 nitrogen and oxygen atoms in total. The van der Waals surface area contributed by atoms with Crippen LogP contribution in [0.3, 0.4) is 0 Å². The lowest BCUT2D eigenvalue weighted by atomic mass is 10.2. The van der Waals surface area contributed by atoms with Crippen molar-refractivity contribution in [2.24, 2.45) is 0 Å². The Labute approximate surface area is 94.6 Å². The summed E-state index contributed by atoms with van der Waals surface area (Å²) in [6.07, 6.45) is 3.51. The maximum atomic E-state index is 13.3. The van der Waals surface area contributed by atoms with Crippen LogP contribution in [0.1, 0.15) is 33.6 Å². The third-order valence-corrected chi connectivity index (χ3v) is 2.02. The van der Waals surface area contributed by atoms with Crippen molar-refractivity contribution >= 4 is 0 Å². The van der Waals surface area contributed by atoms with Crippen LogP contribution in [0.15, 0.2) is 12.3 Å². The fourth-order valence-corrected chi connectivity index (χ4v) is 1.27. The minimum Gasteiger partial charge on any atom is -0.486 e. The van der Waals surface area contributed by atoms with E-state index in [2.05, 4.69) is 4.98 Å². The molecule has 0 aromatic carbocycles. The molecule has 0 unspecified atom stereocenters. The van der Waals surface area contributed by atoms with Crippen molar-refractivity contribution in [2.75, 3.05) is 0 Å². The lowest BCUT2D eigenvalue weighted by Crippen LogP contribution is -2.23. The lowest BCUT2D eigenvalue weighted by molar-refractivity contribution is 0.129. The van der Waals surface area contributed by atoms with Gasteiger partial charge in [-0.3, -0.25) is 0 Å². The van der Waals surface area contributed by atoms with E-state index in [1.165, 1.54) is 6.20 Å². The van der Waals surface area contributed by atoms with E-state index in [0.717, 1.165) is 12.8 Å². The van der Waals surface area contributed by atoms with Gasteiger partial charge < -0.3 is 9.47 Å². The summed E-state index contributed by atoms with van der Waals surface area (Å²) in [5.74, 6) is 0.141. The number of aromatic nitrogens is 1. The average molecular weight is 225 g/mol. The van der Waals surface area contributed by atoms with E-state index in [-0.39, 0.29) is 17.5 Å². The van der Waals surface area contributed by atoms with E-state index in [1.807, 2.05) is 20.8 Å². The van der Waals surface area contributed by atoms with Crippen molar-refractivity contribution in [3.63, 3.8) is 0 Å². The molecule has 16 heavy (non-hydrogen) atoms. The first kappa shape index (κ1) is 11.2. The molecule has 1 saturated carbocycles. The monoisotopic (exact) mass is 225 g/mol. The Morgan fingerprint density at radius 2 is 2.06 bits per heavy atom. The van der Waals surface area contributed by atoms with E-state index >= 15 is 0 Å². The summed E-state index contributed by atoms with van der Waals surface area (Å²) in [6.45, 7) is 5.79. The molecule has 1 heterocycles. The lowest BCUT2D eigenvalue weighted by Gasteiger charge is -2.21. The summed E-state index contributed by atoms with van der Waals surface area (Å²) < 4.78 is 24.3. The van der Waals surface area contributed by atoms with Gasteiger partial charge in [-0.25, -0.2) is 4.98 Å². The fraction of sp³-hybridized carbons (Fsp3) is 0.583. The number of hydrogen-bond acceptors (Lipinski definition) is 3. The summed E-state index contributed by atoms with van der Waals surface area (Å²) in [5.41, 5.74) is -0.323. The highest BCUT2D eigenvalue weighted by atomic mass is 19.1. The van der Waals surface area contributed by atoms with Gasteiger partial charge in [0.1, 0.15) is 11.4 Å². The van der Waals surface area contributed by atoms with Gasteiger partial charge in [-0.05, 0) is 33.6 Å². The molecule has 88 valence electrons. The van der Waals surface area contributed by atoms with Crippen LogP contribution in [-0.4, -0.2) is 16.7 Å². The SMILES string of the molecule is CC(C)(C)Oc1cnc(F)c(OC2CC2)c1. The van der Waals surface area contributed by atoms with E-state index < -0.39 is 5.95 Å². The van der Waals surface area contributed by atoms with Crippen LogP contribution in [0.5, 0.6) is 11.5 Å². The number of pyridine rings is 1. The highest BCUT2D eigenvalue weighted by Crippen LogP contribution is 2.30. The summed E-state index contributed by atoms with van der Waals surface area (Å²) in [6, 6.07) is 1.56. The van der Waals surface area contributed by atoms with Gasteiger partial charge >= 0.3 is 0 Å². The maximum Gasteiger partial charge on any atom is 0.255 e. The fourth-order valence-electron chi connectivity index (χ4n) is 1.27. The molecule has 4 heteroatoms. The summed E-state index contributed by atoms with van der Waals surface area (Å²) in [4.78, 5) is 3.63. The molecule has 1 fully saturated rings. The Hall–Kier alpha value is -1.32. The predicted octanol–water partition coefficient (Wildman–Crippen LogP) is 2.94. The number of ether oxygens (including phenoxy) is 2. The normalized spacial score (nSPS) is 16.0. The third-order valence-electron chi connectivity index (χ3n) is 2.02. The zero-order chi connectivity index (χ0) is 11.8. The molecule has 0 saturated heterocycles. The Morgan fingerprint density at radius 3 is 2.62 bits per heavy atom. The predicted molar refractivity (Wildman–Crippen MR) is 58.2 cm³/mol. The van der Waals surface area contributed by atoms with Crippen molar-refractivity contribution in [1.82, 2.24) is 4.98 Å². The van der Waals surface area contributed by atoms with Crippen molar-refractivity contribution in [3.8, 4) is 11.5 Å². The van der Waals surface area contributed by atoms with E-state index in [4.69, 9.17) is 9.47 Å². The first-order chi connectivity index (χ1) is 7.44. The van der Waals surface area contributed by atoms with Crippen LogP contribution >= 0.6 is 0 Å². The molecule has 2 rings (SSSR count). The molecule has 0 bridgehead atoms. The van der Waals surface area contributed by atoms with Gasteiger partial charge in [-0.15, -0.1) is 0 Å². The number of rotatable bonds is 3. The topological polar surface area (TPSA) is 31.4 Å². The van der Waals surface area contributed by atoms with Crippen LogP contribution < -0.4 is 9.47 Å². The van der Waals surface area contributed by atoms with Gasteiger partial charge in [0.2, 0.25) is 0 Å². The van der Waals surface area contributed by atoms with Crippen LogP contribution in [0.4, 0.5) is 4.39 Å². The smallest absolute Gasteiger partial charge is 0.255 e. The third kappa shape index (κ3) is 3.08. The molecule has 0 radical (unpaired) electrons. The Morgan fingerprint density at radius 1 is 1.38 bits per heavy atom. The summed E-state index contributed by atoms with van der Waals surface area (Å²) in [5, 5.41) is 0. The molecule has 1 aliphatic carbocycles. The molecule has 0 aliphatic heterocycles. The zero-order valence-corrected chi connectivity index (χ0v) is 9.79. The first-order valence-electron chi connectivity index (χ1n) is 5.45. The Bertz CT molecular complexity index is 383. The van der Waals surface area contributed by atoms with Crippen LogP contribution in [-0.2, 0) is 0 Å². The molecule has 0 N–H and O–H groups in total. The second-order valence-corrected chi connectivity index (χ2v) is 4.99. The number of halogens is 1. The summed E-state index contributed by atoms with van der Waals surface area (Å²) >= 11 is 0. The van der Waals surface area contributed by atoms with Gasteiger partial charge in [0, 0.05) is 6.07 Å². The number of hydrogen-bond donors (Lipinski definition) is 0. The molecular weight excluding hydrogens is 209 g/mol. The van der Waals surface area contributed by atoms with E-state index in [0.29, 0.717) is 5.75 Å². The largest absolute Gasteiger partial charge is 0.486 e. The minimum atomic E-state index is -0.576. The van der Waals surface area contributed by atoms with E-state index in [9.17, 15) is 4.39 Å². The number of nitrogens with zero attached hydrogens (tertiary/aromatic N) is 1. The Kier molecular flexibility index (Phi) is 2.74. The van der Waals surface area contributed by atoms with Crippen molar-refractivity contribution in [3.05, 3.63) is 18.2 Å². The zero-order valence-electron chi connectivity index (χ0n) is 9.79. The van der Waals surface area contributed by atoms with Crippen LogP contribution in [0.2, 0.25) is 0 Å². The van der Waals surface area contributed by atoms with Gasteiger partial charge in [-0.1, -0.05) is 0 Å². The molecule has 1 aromatic heterocycles. The molecular formula is C12H16FNO2.